The number of nitrogens with one attached hydrogen (secondary N) is 1. The molecule has 2 N–H and O–H groups in total. The highest BCUT2D eigenvalue weighted by atomic mass is 35.5. The second kappa shape index (κ2) is 11.5. The van der Waals surface area contributed by atoms with Crippen molar-refractivity contribution in [2.75, 3.05) is 31.7 Å². The minimum Gasteiger partial charge on any atom is -0.490 e. The van der Waals surface area contributed by atoms with Gasteiger partial charge in [-0.2, -0.15) is 0 Å². The number of hydrogen-bond donors (Lipinski definition) is 2. The van der Waals surface area contributed by atoms with Crippen LogP contribution in [0.2, 0.25) is 5.02 Å². The molecule has 8 nitrogen and oxygen atoms in total. The van der Waals surface area contributed by atoms with Gasteiger partial charge in [0.25, 0.3) is 5.91 Å². The van der Waals surface area contributed by atoms with Gasteiger partial charge in [0, 0.05) is 36.2 Å². The second-order valence-electron chi connectivity index (χ2n) is 12.4. The van der Waals surface area contributed by atoms with Gasteiger partial charge in [-0.05, 0) is 98.7 Å². The van der Waals surface area contributed by atoms with Crippen LogP contribution >= 0.6 is 11.6 Å². The average molecular weight is 615 g/mol. The van der Waals surface area contributed by atoms with E-state index in [1.54, 1.807) is 30.4 Å². The van der Waals surface area contributed by atoms with Crippen molar-refractivity contribution in [3.05, 3.63) is 70.3 Å². The lowest BCUT2D eigenvalue weighted by atomic mass is 9.68. The van der Waals surface area contributed by atoms with Gasteiger partial charge in [-0.25, -0.2) is 13.1 Å². The number of sulfonamides is 1. The Bertz CT molecular complexity index is 1500. The largest absolute Gasteiger partial charge is 0.490 e. The fourth-order valence-electron chi connectivity index (χ4n) is 7.26. The Labute approximate surface area is 253 Å². The quantitative estimate of drug-likeness (QED) is 0.452. The number of aryl methyl sites for hydroxylation is 1. The number of nitrogens with zero attached hydrogens (tertiary/aromatic N) is 1. The zero-order valence-corrected chi connectivity index (χ0v) is 25.7. The lowest BCUT2D eigenvalue weighted by molar-refractivity contribution is 0.0452. The third-order valence-electron chi connectivity index (χ3n) is 9.92. The minimum atomic E-state index is -4.05. The summed E-state index contributed by atoms with van der Waals surface area (Å²) >= 11 is 6.38. The summed E-state index contributed by atoms with van der Waals surface area (Å²) < 4.78 is 40.7. The number of carbonyl (C=O) groups is 1. The zero-order chi connectivity index (χ0) is 29.6. The van der Waals surface area contributed by atoms with E-state index >= 15 is 0 Å². The van der Waals surface area contributed by atoms with Crippen LogP contribution in [0.1, 0.15) is 60.5 Å². The highest BCUT2D eigenvalue weighted by Crippen LogP contribution is 2.46. The SMILES string of the molecule is CO[C@@H]1C/C=C\[C@H](O)[C@@H]2CC[C@H]2CN2C[C@@]3(CCCc4cc(Cl)ccc43)COc3ccc(cc32)C(=O)NS(=O)(=O)[C@H]1C. The molecule has 1 fully saturated rings. The van der Waals surface area contributed by atoms with Gasteiger partial charge < -0.3 is 19.5 Å². The summed E-state index contributed by atoms with van der Waals surface area (Å²) in [5.41, 5.74) is 3.23. The predicted octanol–water partition coefficient (Wildman–Crippen LogP) is 4.62. The number of hydrogen-bond acceptors (Lipinski definition) is 7. The van der Waals surface area contributed by atoms with Crippen LogP contribution in [0.25, 0.3) is 0 Å². The van der Waals surface area contributed by atoms with Crippen molar-refractivity contribution in [1.29, 1.82) is 0 Å². The lowest BCUT2D eigenvalue weighted by Gasteiger charge is -2.45. The van der Waals surface area contributed by atoms with Gasteiger partial charge in [-0.1, -0.05) is 29.8 Å². The summed E-state index contributed by atoms with van der Waals surface area (Å²) in [6.45, 7) is 3.39. The first kappa shape index (κ1) is 29.5. The number of amides is 1. The average Bonchev–Trinajstić information content (AvgIpc) is 3.09. The molecule has 2 aromatic rings. The summed E-state index contributed by atoms with van der Waals surface area (Å²) in [7, 11) is -2.59. The smallest absolute Gasteiger partial charge is 0.264 e. The van der Waals surface area contributed by atoms with Crippen LogP contribution in [0.3, 0.4) is 0 Å². The normalized spacial score (nSPS) is 33.3. The molecule has 1 saturated carbocycles. The van der Waals surface area contributed by atoms with Crippen molar-refractivity contribution in [3.63, 3.8) is 0 Å². The van der Waals surface area contributed by atoms with E-state index in [0.717, 1.165) is 42.8 Å². The summed E-state index contributed by atoms with van der Waals surface area (Å²) in [6.07, 6.45) is 7.41. The predicted molar refractivity (Wildman–Crippen MR) is 163 cm³/mol. The number of rotatable bonds is 1. The maximum Gasteiger partial charge on any atom is 0.264 e. The van der Waals surface area contributed by atoms with E-state index in [1.165, 1.54) is 25.2 Å². The Morgan fingerprint density at radius 2 is 2.02 bits per heavy atom. The number of benzene rings is 2. The summed E-state index contributed by atoms with van der Waals surface area (Å²) in [4.78, 5) is 15.7. The van der Waals surface area contributed by atoms with Crippen LogP contribution in [0, 0.1) is 11.8 Å². The molecular weight excluding hydrogens is 576 g/mol. The molecule has 2 aromatic carbocycles. The van der Waals surface area contributed by atoms with E-state index in [9.17, 15) is 18.3 Å². The number of methoxy groups -OCH3 is 1. The third-order valence-corrected chi connectivity index (χ3v) is 11.9. The molecule has 0 aromatic heterocycles. The first-order valence-electron chi connectivity index (χ1n) is 14.8. The molecule has 42 heavy (non-hydrogen) atoms. The number of fused-ring (bicyclic) bond motifs is 4. The van der Waals surface area contributed by atoms with Gasteiger partial charge in [0.1, 0.15) is 11.0 Å². The van der Waals surface area contributed by atoms with Gasteiger partial charge in [-0.3, -0.25) is 4.79 Å². The van der Waals surface area contributed by atoms with Crippen molar-refractivity contribution in [2.45, 2.75) is 68.3 Å². The Kier molecular flexibility index (Phi) is 8.06. The second-order valence-corrected chi connectivity index (χ2v) is 14.9. The number of aliphatic hydroxyl groups is 1. The van der Waals surface area contributed by atoms with E-state index in [2.05, 4.69) is 21.8 Å². The molecule has 6 atom stereocenters. The van der Waals surface area contributed by atoms with Gasteiger partial charge in [0.2, 0.25) is 10.0 Å². The molecular formula is C32H39ClN2O6S. The number of halogens is 1. The van der Waals surface area contributed by atoms with Crippen molar-refractivity contribution in [3.8, 4) is 5.75 Å². The molecule has 1 amide bonds. The van der Waals surface area contributed by atoms with Crippen LogP contribution in [-0.2, 0) is 26.6 Å². The van der Waals surface area contributed by atoms with Crippen molar-refractivity contribution in [1.82, 2.24) is 4.72 Å². The summed E-state index contributed by atoms with van der Waals surface area (Å²) in [5, 5.41) is 10.9. The third kappa shape index (κ3) is 5.45. The number of aliphatic hydroxyl groups excluding tert-OH is 1. The van der Waals surface area contributed by atoms with E-state index in [1.807, 2.05) is 6.07 Å². The standard InChI is InChI=1S/C32H39ClN2O6S/c1-20-29(40-2)7-3-6-28(36)25-11-8-23(25)17-35-18-32(14-4-5-21-15-24(33)10-12-26(21)32)19-41-30-13-9-22(16-27(30)35)31(37)34-42(20,38)39/h3,6,9-10,12-13,15-16,20,23,25,28-29,36H,4-5,7-8,11,14,17-19H2,1-2H3,(H,34,37)/b6-3-/t20-,23-,25+,28-,29+,32-/m0/s1. The monoisotopic (exact) mass is 614 g/mol. The highest BCUT2D eigenvalue weighted by Gasteiger charge is 2.44. The Hall–Kier alpha value is -2.59. The number of anilines is 1. The molecule has 4 aliphatic rings. The highest BCUT2D eigenvalue weighted by molar-refractivity contribution is 7.90. The maximum absolute atomic E-state index is 13.3. The molecule has 6 rings (SSSR count). The van der Waals surface area contributed by atoms with Crippen LogP contribution < -0.4 is 14.4 Å². The minimum absolute atomic E-state index is 0.0869. The van der Waals surface area contributed by atoms with Crippen molar-refractivity contribution in [2.24, 2.45) is 11.8 Å². The fourth-order valence-corrected chi connectivity index (χ4v) is 8.64. The van der Waals surface area contributed by atoms with Crippen molar-refractivity contribution >= 4 is 33.2 Å². The molecule has 2 aliphatic carbocycles. The first-order chi connectivity index (χ1) is 20.1. The van der Waals surface area contributed by atoms with Crippen molar-refractivity contribution < 1.29 is 27.8 Å². The Balaban J connectivity index is 1.42. The molecule has 2 heterocycles. The lowest BCUT2D eigenvalue weighted by Crippen LogP contribution is -2.49. The molecule has 1 spiro atoms. The Morgan fingerprint density at radius 3 is 2.79 bits per heavy atom. The summed E-state index contributed by atoms with van der Waals surface area (Å²) in [5.74, 6) is 0.320. The summed E-state index contributed by atoms with van der Waals surface area (Å²) in [6, 6.07) is 11.3. The number of carbonyl (C=O) groups excluding carboxylic acids is 1. The molecule has 226 valence electrons. The van der Waals surface area contributed by atoms with Gasteiger partial charge >= 0.3 is 0 Å². The topological polar surface area (TPSA) is 105 Å². The van der Waals surface area contributed by atoms with E-state index in [4.69, 9.17) is 21.1 Å². The molecule has 0 radical (unpaired) electrons. The Morgan fingerprint density at radius 1 is 1.19 bits per heavy atom. The number of ether oxygens (including phenoxy) is 2. The van der Waals surface area contributed by atoms with E-state index in [-0.39, 0.29) is 22.8 Å². The van der Waals surface area contributed by atoms with E-state index in [0.29, 0.717) is 31.9 Å². The van der Waals surface area contributed by atoms with E-state index < -0.39 is 33.4 Å². The van der Waals surface area contributed by atoms with Gasteiger partial charge in [0.05, 0.1) is 24.5 Å². The molecule has 2 bridgehead atoms. The molecule has 0 unspecified atom stereocenters. The molecule has 0 saturated heterocycles. The van der Waals surface area contributed by atoms with Crippen LogP contribution in [0.5, 0.6) is 5.75 Å². The van der Waals surface area contributed by atoms with Gasteiger partial charge in [-0.15, -0.1) is 0 Å². The van der Waals surface area contributed by atoms with Crippen LogP contribution in [-0.4, -0.2) is 63.7 Å². The van der Waals surface area contributed by atoms with Crippen LogP contribution in [0.15, 0.2) is 48.6 Å². The first-order valence-corrected chi connectivity index (χ1v) is 16.8. The maximum atomic E-state index is 13.3. The van der Waals surface area contributed by atoms with Crippen LogP contribution in [0.4, 0.5) is 5.69 Å². The fraction of sp³-hybridized carbons (Fsp3) is 0.531. The van der Waals surface area contributed by atoms with Gasteiger partial charge in [0.15, 0.2) is 0 Å². The molecule has 10 heteroatoms. The molecule has 2 aliphatic heterocycles. The zero-order valence-electron chi connectivity index (χ0n) is 24.1.